The lowest BCUT2D eigenvalue weighted by atomic mass is 9.97. The lowest BCUT2D eigenvalue weighted by Crippen LogP contribution is -2.45. The molecular formula is C18H37N. The van der Waals surface area contributed by atoms with E-state index in [0.29, 0.717) is 0 Å². The SMILES string of the molecule is CCCCCCCC(CCCCCCC)N1CCC1. The molecule has 0 amide bonds. The molecule has 1 heteroatoms. The van der Waals surface area contributed by atoms with Gasteiger partial charge in [0, 0.05) is 6.04 Å². The van der Waals surface area contributed by atoms with Crippen LogP contribution in [0.2, 0.25) is 0 Å². The van der Waals surface area contributed by atoms with Gasteiger partial charge in [-0.3, -0.25) is 0 Å². The lowest BCUT2D eigenvalue weighted by molar-refractivity contribution is 0.101. The Bertz CT molecular complexity index is 172. The summed E-state index contributed by atoms with van der Waals surface area (Å²) < 4.78 is 0. The molecule has 0 bridgehead atoms. The molecular weight excluding hydrogens is 230 g/mol. The second-order valence-corrected chi connectivity index (χ2v) is 6.45. The van der Waals surface area contributed by atoms with E-state index in [1.165, 1.54) is 96.6 Å². The van der Waals surface area contributed by atoms with E-state index >= 15 is 0 Å². The second kappa shape index (κ2) is 11.8. The molecule has 1 aliphatic heterocycles. The van der Waals surface area contributed by atoms with Gasteiger partial charge in [-0.05, 0) is 32.4 Å². The number of likely N-dealkylation sites (tertiary alicyclic amines) is 1. The third kappa shape index (κ3) is 7.97. The summed E-state index contributed by atoms with van der Waals surface area (Å²) in [6.45, 7) is 7.38. The van der Waals surface area contributed by atoms with Crippen LogP contribution >= 0.6 is 0 Å². The highest BCUT2D eigenvalue weighted by atomic mass is 15.2. The normalized spacial score (nSPS) is 15.9. The maximum atomic E-state index is 2.75. The van der Waals surface area contributed by atoms with Gasteiger partial charge in [-0.2, -0.15) is 0 Å². The Morgan fingerprint density at radius 1 is 0.684 bits per heavy atom. The summed E-state index contributed by atoms with van der Waals surface area (Å²) in [7, 11) is 0. The molecule has 0 aliphatic carbocycles. The van der Waals surface area contributed by atoms with Crippen LogP contribution in [-0.2, 0) is 0 Å². The molecule has 0 aromatic carbocycles. The van der Waals surface area contributed by atoms with Gasteiger partial charge >= 0.3 is 0 Å². The summed E-state index contributed by atoms with van der Waals surface area (Å²) in [4.78, 5) is 2.75. The second-order valence-electron chi connectivity index (χ2n) is 6.45. The number of unbranched alkanes of at least 4 members (excludes halogenated alkanes) is 8. The molecule has 1 heterocycles. The predicted octanol–water partition coefficient (Wildman–Crippen LogP) is 5.78. The van der Waals surface area contributed by atoms with Crippen molar-refractivity contribution in [2.24, 2.45) is 0 Å². The van der Waals surface area contributed by atoms with E-state index < -0.39 is 0 Å². The quantitative estimate of drug-likeness (QED) is 0.382. The summed E-state index contributed by atoms with van der Waals surface area (Å²) in [5, 5.41) is 0. The molecule has 1 aliphatic rings. The van der Waals surface area contributed by atoms with Crippen molar-refractivity contribution in [2.45, 2.75) is 103 Å². The van der Waals surface area contributed by atoms with Crippen molar-refractivity contribution in [3.8, 4) is 0 Å². The minimum atomic E-state index is 0.928. The zero-order valence-electron chi connectivity index (χ0n) is 13.6. The Hall–Kier alpha value is -0.0400. The Morgan fingerprint density at radius 3 is 1.53 bits per heavy atom. The minimum Gasteiger partial charge on any atom is -0.300 e. The summed E-state index contributed by atoms with van der Waals surface area (Å²) in [5.74, 6) is 0. The third-order valence-electron chi connectivity index (χ3n) is 4.69. The molecule has 0 atom stereocenters. The zero-order valence-corrected chi connectivity index (χ0v) is 13.6. The average molecular weight is 268 g/mol. The molecule has 114 valence electrons. The number of nitrogens with zero attached hydrogens (tertiary/aromatic N) is 1. The molecule has 0 aromatic heterocycles. The van der Waals surface area contributed by atoms with Crippen LogP contribution in [0, 0.1) is 0 Å². The van der Waals surface area contributed by atoms with E-state index in [2.05, 4.69) is 18.7 Å². The van der Waals surface area contributed by atoms with Crippen molar-refractivity contribution >= 4 is 0 Å². The molecule has 0 radical (unpaired) electrons. The fourth-order valence-electron chi connectivity index (χ4n) is 3.18. The van der Waals surface area contributed by atoms with Crippen molar-refractivity contribution in [3.63, 3.8) is 0 Å². The van der Waals surface area contributed by atoms with Crippen LogP contribution in [0.25, 0.3) is 0 Å². The maximum absolute atomic E-state index is 2.75. The fourth-order valence-corrected chi connectivity index (χ4v) is 3.18. The van der Waals surface area contributed by atoms with Gasteiger partial charge in [-0.15, -0.1) is 0 Å². The largest absolute Gasteiger partial charge is 0.300 e. The Balaban J connectivity index is 2.05. The number of rotatable bonds is 13. The summed E-state index contributed by atoms with van der Waals surface area (Å²) in [5.41, 5.74) is 0. The van der Waals surface area contributed by atoms with E-state index in [1.807, 2.05) is 0 Å². The molecule has 0 spiro atoms. The van der Waals surface area contributed by atoms with Gasteiger partial charge < -0.3 is 4.90 Å². The van der Waals surface area contributed by atoms with Crippen molar-refractivity contribution < 1.29 is 0 Å². The average Bonchev–Trinajstić information content (AvgIpc) is 2.35. The molecule has 19 heavy (non-hydrogen) atoms. The van der Waals surface area contributed by atoms with Gasteiger partial charge in [0.05, 0.1) is 0 Å². The van der Waals surface area contributed by atoms with E-state index in [-0.39, 0.29) is 0 Å². The Kier molecular flexibility index (Phi) is 10.5. The third-order valence-corrected chi connectivity index (χ3v) is 4.69. The van der Waals surface area contributed by atoms with Crippen LogP contribution in [-0.4, -0.2) is 24.0 Å². The summed E-state index contributed by atoms with van der Waals surface area (Å²) in [6, 6.07) is 0.928. The number of hydrogen-bond donors (Lipinski definition) is 0. The van der Waals surface area contributed by atoms with Crippen LogP contribution in [0.1, 0.15) is 97.3 Å². The maximum Gasteiger partial charge on any atom is 0.00952 e. The lowest BCUT2D eigenvalue weighted by Gasteiger charge is -2.38. The van der Waals surface area contributed by atoms with Gasteiger partial charge in [0.1, 0.15) is 0 Å². The van der Waals surface area contributed by atoms with Crippen LogP contribution in [0.15, 0.2) is 0 Å². The van der Waals surface area contributed by atoms with Crippen molar-refractivity contribution in [2.75, 3.05) is 13.1 Å². The van der Waals surface area contributed by atoms with Gasteiger partial charge in [0.15, 0.2) is 0 Å². The first kappa shape index (κ1) is 17.0. The van der Waals surface area contributed by atoms with E-state index in [0.717, 1.165) is 6.04 Å². The smallest absolute Gasteiger partial charge is 0.00952 e. The first-order valence-corrected chi connectivity index (χ1v) is 9.12. The van der Waals surface area contributed by atoms with Gasteiger partial charge in [-0.25, -0.2) is 0 Å². The summed E-state index contributed by atoms with van der Waals surface area (Å²) in [6.07, 6.45) is 18.8. The topological polar surface area (TPSA) is 3.24 Å². The highest BCUT2D eigenvalue weighted by Crippen LogP contribution is 2.22. The minimum absolute atomic E-state index is 0.928. The standard InChI is InChI=1S/C18H37N/c1-3-5-7-9-11-14-18(19-16-13-17-19)15-12-10-8-6-4-2/h18H,3-17H2,1-2H3. The Morgan fingerprint density at radius 2 is 1.16 bits per heavy atom. The van der Waals surface area contributed by atoms with Crippen molar-refractivity contribution in [1.82, 2.24) is 4.90 Å². The van der Waals surface area contributed by atoms with Crippen LogP contribution in [0.3, 0.4) is 0 Å². The molecule has 0 N–H and O–H groups in total. The molecule has 1 saturated heterocycles. The monoisotopic (exact) mass is 267 g/mol. The molecule has 1 fully saturated rings. The van der Waals surface area contributed by atoms with E-state index in [4.69, 9.17) is 0 Å². The zero-order chi connectivity index (χ0) is 13.8. The first-order chi connectivity index (χ1) is 9.38. The van der Waals surface area contributed by atoms with Gasteiger partial charge in [0.2, 0.25) is 0 Å². The highest BCUT2D eigenvalue weighted by Gasteiger charge is 2.22. The van der Waals surface area contributed by atoms with Crippen LogP contribution < -0.4 is 0 Å². The van der Waals surface area contributed by atoms with Gasteiger partial charge in [0.25, 0.3) is 0 Å². The van der Waals surface area contributed by atoms with Crippen molar-refractivity contribution in [1.29, 1.82) is 0 Å². The summed E-state index contributed by atoms with van der Waals surface area (Å²) >= 11 is 0. The number of hydrogen-bond acceptors (Lipinski definition) is 1. The van der Waals surface area contributed by atoms with E-state index in [1.54, 1.807) is 0 Å². The highest BCUT2D eigenvalue weighted by molar-refractivity contribution is 4.78. The molecule has 0 aromatic rings. The van der Waals surface area contributed by atoms with Crippen LogP contribution in [0.4, 0.5) is 0 Å². The van der Waals surface area contributed by atoms with E-state index in [9.17, 15) is 0 Å². The Labute approximate surface area is 122 Å². The first-order valence-electron chi connectivity index (χ1n) is 9.12. The fraction of sp³-hybridized carbons (Fsp3) is 1.00. The molecule has 1 rings (SSSR count). The predicted molar refractivity (Wildman–Crippen MR) is 86.7 cm³/mol. The van der Waals surface area contributed by atoms with Gasteiger partial charge in [-0.1, -0.05) is 78.1 Å². The van der Waals surface area contributed by atoms with Crippen LogP contribution in [0.5, 0.6) is 0 Å². The molecule has 0 unspecified atom stereocenters. The molecule has 0 saturated carbocycles. The van der Waals surface area contributed by atoms with Crippen molar-refractivity contribution in [3.05, 3.63) is 0 Å². The molecule has 1 nitrogen and oxygen atoms in total.